The molecule has 0 aromatic heterocycles. The van der Waals surface area contributed by atoms with Crippen LogP contribution in [0.5, 0.6) is 0 Å². The molecule has 0 saturated carbocycles. The number of allylic oxidation sites excluding steroid dienone is 1. The van der Waals surface area contributed by atoms with E-state index in [1.165, 1.54) is 13.1 Å². The van der Waals surface area contributed by atoms with Gasteiger partial charge in [-0.2, -0.15) is 0 Å². The molecular formula is C4H7NO. The number of hydrogen-bond donors (Lipinski definition) is 1. The number of aliphatic hydroxyl groups is 1. The lowest BCUT2D eigenvalue weighted by atomic mass is 10.6. The lowest BCUT2D eigenvalue weighted by Crippen LogP contribution is -1.62. The predicted molar refractivity (Wildman–Crippen MR) is 25.9 cm³/mol. The molecule has 0 rings (SSSR count). The van der Waals surface area contributed by atoms with Crippen LogP contribution in [0, 0.1) is 0 Å². The Bertz CT molecular complexity index is 71.6. The largest absolute Gasteiger partial charge is 0.511 e. The van der Waals surface area contributed by atoms with Crippen molar-refractivity contribution in [1.29, 1.82) is 0 Å². The number of rotatable bonds is 1. The van der Waals surface area contributed by atoms with Gasteiger partial charge in [0.05, 0.1) is 6.20 Å². The molecule has 0 radical (unpaired) electrons. The molecule has 0 aliphatic rings. The van der Waals surface area contributed by atoms with Gasteiger partial charge in [0.1, 0.15) is 5.76 Å². The molecule has 34 valence electrons. The first-order valence-corrected chi connectivity index (χ1v) is 1.59. The van der Waals surface area contributed by atoms with E-state index < -0.39 is 0 Å². The molecule has 0 fully saturated rings. The van der Waals surface area contributed by atoms with Crippen molar-refractivity contribution in [3.05, 3.63) is 12.0 Å². The summed E-state index contributed by atoms with van der Waals surface area (Å²) >= 11 is 0. The van der Waals surface area contributed by atoms with Crippen LogP contribution in [0.1, 0.15) is 6.92 Å². The van der Waals surface area contributed by atoms with Crippen molar-refractivity contribution in [2.75, 3.05) is 0 Å². The zero-order valence-corrected chi connectivity index (χ0v) is 3.68. The van der Waals surface area contributed by atoms with Crippen LogP contribution < -0.4 is 0 Å². The lowest BCUT2D eigenvalue weighted by molar-refractivity contribution is 0.413. The highest BCUT2D eigenvalue weighted by molar-refractivity contribution is 5.25. The van der Waals surface area contributed by atoms with E-state index in [0.717, 1.165) is 0 Å². The van der Waals surface area contributed by atoms with E-state index in [0.29, 0.717) is 0 Å². The SMILES string of the molecule is C=N/C=C(/C)O. The van der Waals surface area contributed by atoms with Gasteiger partial charge >= 0.3 is 0 Å². The van der Waals surface area contributed by atoms with Crippen molar-refractivity contribution in [2.24, 2.45) is 4.99 Å². The van der Waals surface area contributed by atoms with Gasteiger partial charge in [-0.05, 0) is 13.6 Å². The minimum atomic E-state index is 0.185. The van der Waals surface area contributed by atoms with Crippen molar-refractivity contribution in [2.45, 2.75) is 6.92 Å². The zero-order chi connectivity index (χ0) is 4.99. The molecule has 0 unspecified atom stereocenters. The second kappa shape index (κ2) is 2.45. The van der Waals surface area contributed by atoms with Crippen LogP contribution in [0.2, 0.25) is 0 Å². The normalized spacial score (nSPS) is 11.2. The van der Waals surface area contributed by atoms with Crippen LogP contribution in [-0.2, 0) is 0 Å². The molecule has 0 atom stereocenters. The monoisotopic (exact) mass is 85.1 g/mol. The molecule has 0 saturated heterocycles. The summed E-state index contributed by atoms with van der Waals surface area (Å²) in [5.41, 5.74) is 0. The Morgan fingerprint density at radius 3 is 2.50 bits per heavy atom. The average Bonchev–Trinajstić information content (AvgIpc) is 1.35. The second-order valence-corrected chi connectivity index (χ2v) is 0.953. The van der Waals surface area contributed by atoms with E-state index in [1.807, 2.05) is 0 Å². The first kappa shape index (κ1) is 5.21. The fourth-order valence-electron chi connectivity index (χ4n) is 0.132. The summed E-state index contributed by atoms with van der Waals surface area (Å²) in [5.74, 6) is 0.185. The van der Waals surface area contributed by atoms with Crippen molar-refractivity contribution in [1.82, 2.24) is 0 Å². The molecule has 0 spiro atoms. The van der Waals surface area contributed by atoms with Crippen LogP contribution in [0.15, 0.2) is 17.0 Å². The van der Waals surface area contributed by atoms with E-state index in [-0.39, 0.29) is 5.76 Å². The van der Waals surface area contributed by atoms with Crippen LogP contribution in [0.4, 0.5) is 0 Å². The van der Waals surface area contributed by atoms with E-state index >= 15 is 0 Å². The van der Waals surface area contributed by atoms with Gasteiger partial charge in [-0.1, -0.05) is 0 Å². The standard InChI is InChI=1S/C4H7NO/c1-4(6)3-5-2/h3,6H,2H2,1H3/b4-3-. The summed E-state index contributed by atoms with van der Waals surface area (Å²) in [6.07, 6.45) is 1.28. The Morgan fingerprint density at radius 1 is 2.00 bits per heavy atom. The Labute approximate surface area is 36.8 Å². The van der Waals surface area contributed by atoms with Gasteiger partial charge in [-0.25, -0.2) is 0 Å². The Hall–Kier alpha value is -0.790. The molecule has 0 amide bonds. The summed E-state index contributed by atoms with van der Waals surface area (Å²) in [6, 6.07) is 0. The molecule has 0 aromatic carbocycles. The van der Waals surface area contributed by atoms with Gasteiger partial charge in [-0.15, -0.1) is 0 Å². The number of aliphatic hydroxyl groups excluding tert-OH is 1. The van der Waals surface area contributed by atoms with Crippen LogP contribution in [-0.4, -0.2) is 11.8 Å². The summed E-state index contributed by atoms with van der Waals surface area (Å²) < 4.78 is 0. The van der Waals surface area contributed by atoms with E-state index in [4.69, 9.17) is 5.11 Å². The average molecular weight is 85.1 g/mol. The highest BCUT2D eigenvalue weighted by Gasteiger charge is 1.67. The Kier molecular flexibility index (Phi) is 2.13. The number of nitrogens with zero attached hydrogens (tertiary/aromatic N) is 1. The van der Waals surface area contributed by atoms with E-state index in [9.17, 15) is 0 Å². The minimum Gasteiger partial charge on any atom is -0.511 e. The quantitative estimate of drug-likeness (QED) is 0.375. The van der Waals surface area contributed by atoms with Gasteiger partial charge in [0.25, 0.3) is 0 Å². The Balaban J connectivity index is 3.41. The molecule has 2 nitrogen and oxygen atoms in total. The van der Waals surface area contributed by atoms with Crippen LogP contribution in [0.25, 0.3) is 0 Å². The fraction of sp³-hybridized carbons (Fsp3) is 0.250. The summed E-state index contributed by atoms with van der Waals surface area (Å²) in [6.45, 7) is 4.65. The van der Waals surface area contributed by atoms with E-state index in [1.54, 1.807) is 0 Å². The maximum absolute atomic E-state index is 8.28. The van der Waals surface area contributed by atoms with Crippen LogP contribution >= 0.6 is 0 Å². The molecule has 1 N–H and O–H groups in total. The van der Waals surface area contributed by atoms with E-state index in [2.05, 4.69) is 11.7 Å². The van der Waals surface area contributed by atoms with Gasteiger partial charge in [0, 0.05) is 0 Å². The van der Waals surface area contributed by atoms with Gasteiger partial charge in [-0.3, -0.25) is 4.99 Å². The predicted octanol–water partition coefficient (Wildman–Crippen LogP) is 1.11. The van der Waals surface area contributed by atoms with Crippen molar-refractivity contribution >= 4 is 6.72 Å². The summed E-state index contributed by atoms with van der Waals surface area (Å²) in [4.78, 5) is 3.27. The van der Waals surface area contributed by atoms with Crippen molar-refractivity contribution in [3.8, 4) is 0 Å². The van der Waals surface area contributed by atoms with Crippen molar-refractivity contribution < 1.29 is 5.11 Å². The molecule has 2 heteroatoms. The van der Waals surface area contributed by atoms with Crippen LogP contribution in [0.3, 0.4) is 0 Å². The Morgan fingerprint density at radius 2 is 2.50 bits per heavy atom. The van der Waals surface area contributed by atoms with Gasteiger partial charge in [0.2, 0.25) is 0 Å². The molecule has 0 aliphatic heterocycles. The third-order valence-corrected chi connectivity index (χ3v) is 0.278. The molecule has 0 bridgehead atoms. The first-order chi connectivity index (χ1) is 2.77. The summed E-state index contributed by atoms with van der Waals surface area (Å²) in [5, 5.41) is 8.28. The first-order valence-electron chi connectivity index (χ1n) is 1.59. The topological polar surface area (TPSA) is 32.6 Å². The molecule has 0 aliphatic carbocycles. The maximum atomic E-state index is 8.28. The molecule has 6 heavy (non-hydrogen) atoms. The number of hydrogen-bond acceptors (Lipinski definition) is 2. The van der Waals surface area contributed by atoms with Gasteiger partial charge in [0.15, 0.2) is 0 Å². The highest BCUT2D eigenvalue weighted by atomic mass is 16.3. The smallest absolute Gasteiger partial charge is 0.107 e. The second-order valence-electron chi connectivity index (χ2n) is 0.953. The molecule has 0 aromatic rings. The maximum Gasteiger partial charge on any atom is 0.107 e. The highest BCUT2D eigenvalue weighted by Crippen LogP contribution is 1.80. The lowest BCUT2D eigenvalue weighted by Gasteiger charge is -1.76. The van der Waals surface area contributed by atoms with Gasteiger partial charge < -0.3 is 5.11 Å². The van der Waals surface area contributed by atoms with Crippen molar-refractivity contribution in [3.63, 3.8) is 0 Å². The fourth-order valence-corrected chi connectivity index (χ4v) is 0.132. The molecule has 0 heterocycles. The number of aliphatic imine (C=N–C) groups is 1. The zero-order valence-electron chi connectivity index (χ0n) is 3.68. The third-order valence-electron chi connectivity index (χ3n) is 0.278. The molecular weight excluding hydrogens is 78.0 g/mol. The summed E-state index contributed by atoms with van der Waals surface area (Å²) in [7, 11) is 0. The third kappa shape index (κ3) is 3.21. The minimum absolute atomic E-state index is 0.185.